The van der Waals surface area contributed by atoms with Crippen molar-refractivity contribution < 1.29 is 13.2 Å². The minimum absolute atomic E-state index is 0.0518. The summed E-state index contributed by atoms with van der Waals surface area (Å²) in [6, 6.07) is 10.2. The molecule has 24 heavy (non-hydrogen) atoms. The molecule has 0 aliphatic carbocycles. The summed E-state index contributed by atoms with van der Waals surface area (Å²) in [5.74, 6) is 0.245. The summed E-state index contributed by atoms with van der Waals surface area (Å²) in [6.07, 6.45) is 2.10. The third-order valence-corrected chi connectivity index (χ3v) is 6.65. The predicted molar refractivity (Wildman–Crippen MR) is 96.2 cm³/mol. The number of carbonyl (C=O) groups excluding carboxylic acids is 1. The van der Waals surface area contributed by atoms with Gasteiger partial charge < -0.3 is 4.90 Å². The van der Waals surface area contributed by atoms with Crippen molar-refractivity contribution in [1.82, 2.24) is 9.21 Å². The Bertz CT molecular complexity index is 623. The summed E-state index contributed by atoms with van der Waals surface area (Å²) >= 11 is 0. The van der Waals surface area contributed by atoms with Crippen LogP contribution in [0.3, 0.4) is 0 Å². The first-order valence-corrected chi connectivity index (χ1v) is 10.4. The van der Waals surface area contributed by atoms with E-state index < -0.39 is 10.0 Å². The van der Waals surface area contributed by atoms with Crippen molar-refractivity contribution in [1.29, 1.82) is 0 Å². The van der Waals surface area contributed by atoms with Gasteiger partial charge in [-0.25, -0.2) is 12.7 Å². The standard InChI is InChI=1S/C18H28N2O3S/c1-3-19(13-10-16-8-6-5-7-9-16)18(21)17-11-14-20(15-12-17)24(22,23)4-2/h5-9,17H,3-4,10-15H2,1-2H3. The number of piperidine rings is 1. The van der Waals surface area contributed by atoms with E-state index in [1.165, 1.54) is 9.87 Å². The van der Waals surface area contributed by atoms with Gasteiger partial charge in [0.15, 0.2) is 0 Å². The molecule has 1 heterocycles. The van der Waals surface area contributed by atoms with E-state index in [1.807, 2.05) is 30.0 Å². The van der Waals surface area contributed by atoms with Crippen LogP contribution in [0.2, 0.25) is 0 Å². The van der Waals surface area contributed by atoms with Crippen molar-refractivity contribution in [2.75, 3.05) is 31.9 Å². The minimum atomic E-state index is -3.13. The maximum absolute atomic E-state index is 12.7. The van der Waals surface area contributed by atoms with E-state index in [1.54, 1.807) is 6.92 Å². The maximum atomic E-state index is 12.7. The normalized spacial score (nSPS) is 16.9. The van der Waals surface area contributed by atoms with Gasteiger partial charge in [0.25, 0.3) is 0 Å². The highest BCUT2D eigenvalue weighted by Gasteiger charge is 2.31. The SMILES string of the molecule is CCN(CCc1ccccc1)C(=O)C1CCN(S(=O)(=O)CC)CC1. The predicted octanol–water partition coefficient (Wildman–Crippen LogP) is 2.14. The highest BCUT2D eigenvalue weighted by molar-refractivity contribution is 7.89. The average molecular weight is 353 g/mol. The molecular weight excluding hydrogens is 324 g/mol. The lowest BCUT2D eigenvalue weighted by molar-refractivity contribution is -0.136. The quantitative estimate of drug-likeness (QED) is 0.755. The molecule has 1 amide bonds. The van der Waals surface area contributed by atoms with E-state index in [9.17, 15) is 13.2 Å². The number of nitrogens with zero attached hydrogens (tertiary/aromatic N) is 2. The van der Waals surface area contributed by atoms with Crippen LogP contribution in [0.25, 0.3) is 0 Å². The van der Waals surface area contributed by atoms with Crippen molar-refractivity contribution in [3.05, 3.63) is 35.9 Å². The molecule has 5 nitrogen and oxygen atoms in total. The van der Waals surface area contributed by atoms with Crippen LogP contribution in [0, 0.1) is 5.92 Å². The Morgan fingerprint density at radius 2 is 1.79 bits per heavy atom. The lowest BCUT2D eigenvalue weighted by Gasteiger charge is -2.33. The zero-order chi connectivity index (χ0) is 17.6. The molecule has 0 atom stereocenters. The first-order chi connectivity index (χ1) is 11.5. The van der Waals surface area contributed by atoms with Gasteiger partial charge in [0.2, 0.25) is 15.9 Å². The number of likely N-dealkylation sites (N-methyl/N-ethyl adjacent to an activating group) is 1. The number of amides is 1. The number of hydrogen-bond donors (Lipinski definition) is 0. The number of rotatable bonds is 7. The van der Waals surface area contributed by atoms with E-state index in [4.69, 9.17) is 0 Å². The van der Waals surface area contributed by atoms with Gasteiger partial charge in [0.05, 0.1) is 5.75 Å². The van der Waals surface area contributed by atoms with Crippen molar-refractivity contribution in [3.63, 3.8) is 0 Å². The first-order valence-electron chi connectivity index (χ1n) is 8.78. The number of sulfonamides is 1. The van der Waals surface area contributed by atoms with Crippen molar-refractivity contribution >= 4 is 15.9 Å². The van der Waals surface area contributed by atoms with Gasteiger partial charge >= 0.3 is 0 Å². The fourth-order valence-corrected chi connectivity index (χ4v) is 4.29. The fraction of sp³-hybridized carbons (Fsp3) is 0.611. The first kappa shape index (κ1) is 18.9. The zero-order valence-electron chi connectivity index (χ0n) is 14.6. The van der Waals surface area contributed by atoms with Gasteiger partial charge in [-0.2, -0.15) is 0 Å². The molecule has 6 heteroatoms. The fourth-order valence-electron chi connectivity index (χ4n) is 3.15. The van der Waals surface area contributed by atoms with E-state index in [0.29, 0.717) is 39.0 Å². The molecule has 1 fully saturated rings. The Hall–Kier alpha value is -1.40. The van der Waals surface area contributed by atoms with Crippen molar-refractivity contribution in [3.8, 4) is 0 Å². The van der Waals surface area contributed by atoms with Crippen LogP contribution in [-0.4, -0.2) is 55.5 Å². The molecule has 0 unspecified atom stereocenters. The second-order valence-corrected chi connectivity index (χ2v) is 8.48. The monoisotopic (exact) mass is 352 g/mol. The zero-order valence-corrected chi connectivity index (χ0v) is 15.5. The van der Waals surface area contributed by atoms with E-state index >= 15 is 0 Å². The van der Waals surface area contributed by atoms with Crippen LogP contribution in [0.4, 0.5) is 0 Å². The summed E-state index contributed by atoms with van der Waals surface area (Å²) in [4.78, 5) is 14.6. The number of benzene rings is 1. The van der Waals surface area contributed by atoms with Crippen molar-refractivity contribution in [2.45, 2.75) is 33.1 Å². The average Bonchev–Trinajstić information content (AvgIpc) is 2.63. The Balaban J connectivity index is 1.88. The summed E-state index contributed by atoms with van der Waals surface area (Å²) in [6.45, 7) is 5.99. The summed E-state index contributed by atoms with van der Waals surface area (Å²) in [7, 11) is -3.13. The van der Waals surface area contributed by atoms with E-state index in [2.05, 4.69) is 12.1 Å². The smallest absolute Gasteiger partial charge is 0.225 e. The molecule has 2 rings (SSSR count). The Kier molecular flexibility index (Phi) is 6.80. The van der Waals surface area contributed by atoms with Crippen LogP contribution < -0.4 is 0 Å². The molecule has 0 radical (unpaired) electrons. The molecule has 0 aromatic heterocycles. The highest BCUT2D eigenvalue weighted by Crippen LogP contribution is 2.22. The molecule has 0 bridgehead atoms. The molecule has 0 spiro atoms. The topological polar surface area (TPSA) is 57.7 Å². The molecule has 1 aliphatic heterocycles. The lowest BCUT2D eigenvalue weighted by Crippen LogP contribution is -2.45. The Morgan fingerprint density at radius 1 is 1.17 bits per heavy atom. The van der Waals surface area contributed by atoms with E-state index in [-0.39, 0.29) is 17.6 Å². The third-order valence-electron chi connectivity index (χ3n) is 4.77. The van der Waals surface area contributed by atoms with Crippen LogP contribution in [0.1, 0.15) is 32.3 Å². The molecular formula is C18H28N2O3S. The van der Waals surface area contributed by atoms with Gasteiger partial charge in [-0.05, 0) is 38.7 Å². The molecule has 1 aromatic carbocycles. The molecule has 0 N–H and O–H groups in total. The Morgan fingerprint density at radius 3 is 2.33 bits per heavy atom. The highest BCUT2D eigenvalue weighted by atomic mass is 32.2. The van der Waals surface area contributed by atoms with Gasteiger partial charge in [-0.15, -0.1) is 0 Å². The lowest BCUT2D eigenvalue weighted by atomic mass is 9.96. The van der Waals surface area contributed by atoms with Crippen LogP contribution in [-0.2, 0) is 21.2 Å². The van der Waals surface area contributed by atoms with Crippen LogP contribution in [0.15, 0.2) is 30.3 Å². The van der Waals surface area contributed by atoms with E-state index in [0.717, 1.165) is 6.42 Å². The molecule has 1 saturated heterocycles. The van der Waals surface area contributed by atoms with Gasteiger partial charge in [0, 0.05) is 32.1 Å². The number of carbonyl (C=O) groups is 1. The Labute approximate surface area is 145 Å². The second-order valence-electron chi connectivity index (χ2n) is 6.23. The largest absolute Gasteiger partial charge is 0.342 e. The van der Waals surface area contributed by atoms with Gasteiger partial charge in [-0.1, -0.05) is 30.3 Å². The van der Waals surface area contributed by atoms with Gasteiger partial charge in [-0.3, -0.25) is 4.79 Å². The summed E-state index contributed by atoms with van der Waals surface area (Å²) < 4.78 is 25.3. The minimum Gasteiger partial charge on any atom is -0.342 e. The van der Waals surface area contributed by atoms with Crippen molar-refractivity contribution in [2.24, 2.45) is 5.92 Å². The van der Waals surface area contributed by atoms with Crippen LogP contribution >= 0.6 is 0 Å². The third kappa shape index (κ3) is 4.80. The maximum Gasteiger partial charge on any atom is 0.225 e. The molecule has 134 valence electrons. The molecule has 1 aliphatic rings. The summed E-state index contributed by atoms with van der Waals surface area (Å²) in [5.41, 5.74) is 1.23. The molecule has 1 aromatic rings. The number of hydrogen-bond acceptors (Lipinski definition) is 3. The molecule has 0 saturated carbocycles. The van der Waals surface area contributed by atoms with Crippen LogP contribution in [0.5, 0.6) is 0 Å². The second kappa shape index (κ2) is 8.62. The van der Waals surface area contributed by atoms with Gasteiger partial charge in [0.1, 0.15) is 0 Å². The summed E-state index contributed by atoms with van der Waals surface area (Å²) in [5, 5.41) is 0.